The molecule has 1 atom stereocenters. The number of aryl methyl sites for hydroxylation is 3. The van der Waals surface area contributed by atoms with Crippen LogP contribution < -0.4 is 5.32 Å². The second-order valence-electron chi connectivity index (χ2n) is 5.20. The molecule has 0 spiro atoms. The van der Waals surface area contributed by atoms with Crippen molar-refractivity contribution < 1.29 is 9.53 Å². The Balaban J connectivity index is 2.17. The minimum atomic E-state index is -0.477. The highest BCUT2D eigenvalue weighted by Crippen LogP contribution is 2.19. The van der Waals surface area contributed by atoms with E-state index in [0.717, 1.165) is 16.7 Å². The fraction of sp³-hybridized carbons (Fsp3) is 0.375. The first kappa shape index (κ1) is 15.3. The molecule has 5 nitrogen and oxygen atoms in total. The molecule has 1 N–H and O–H groups in total. The summed E-state index contributed by atoms with van der Waals surface area (Å²) in [6.45, 7) is 4.64. The Morgan fingerprint density at radius 1 is 1.38 bits per heavy atom. The summed E-state index contributed by atoms with van der Waals surface area (Å²) in [7, 11) is 3.27. The van der Waals surface area contributed by atoms with E-state index in [1.54, 1.807) is 10.9 Å². The molecule has 0 aliphatic rings. The Morgan fingerprint density at radius 2 is 2.14 bits per heavy atom. The van der Waals surface area contributed by atoms with E-state index in [9.17, 15) is 4.79 Å². The first-order valence-corrected chi connectivity index (χ1v) is 6.87. The smallest absolute Gasteiger partial charge is 0.327 e. The van der Waals surface area contributed by atoms with E-state index < -0.39 is 6.04 Å². The van der Waals surface area contributed by atoms with Crippen LogP contribution in [0.15, 0.2) is 30.6 Å². The highest BCUT2D eigenvalue weighted by molar-refractivity contribution is 5.77. The van der Waals surface area contributed by atoms with Gasteiger partial charge in [-0.1, -0.05) is 18.2 Å². The zero-order chi connectivity index (χ0) is 15.4. The first-order chi connectivity index (χ1) is 10.0. The molecule has 5 heteroatoms. The molecule has 0 aliphatic carbocycles. The summed E-state index contributed by atoms with van der Waals surface area (Å²) in [6.07, 6.45) is 3.70. The molecular weight excluding hydrogens is 266 g/mol. The summed E-state index contributed by atoms with van der Waals surface area (Å²) in [4.78, 5) is 12.0. The Kier molecular flexibility index (Phi) is 4.75. The van der Waals surface area contributed by atoms with Gasteiger partial charge in [-0.15, -0.1) is 0 Å². The fourth-order valence-corrected chi connectivity index (χ4v) is 2.18. The van der Waals surface area contributed by atoms with Crippen molar-refractivity contribution in [1.82, 2.24) is 15.1 Å². The van der Waals surface area contributed by atoms with E-state index >= 15 is 0 Å². The van der Waals surface area contributed by atoms with Gasteiger partial charge in [0.05, 0.1) is 13.3 Å². The van der Waals surface area contributed by atoms with Gasteiger partial charge in [0.2, 0.25) is 0 Å². The Hall–Kier alpha value is -2.14. The molecule has 1 heterocycles. The lowest BCUT2D eigenvalue weighted by molar-refractivity contribution is -0.143. The van der Waals surface area contributed by atoms with E-state index in [-0.39, 0.29) is 5.97 Å². The van der Waals surface area contributed by atoms with E-state index in [2.05, 4.69) is 17.3 Å². The number of methoxy groups -OCH3 is 1. The number of carbonyl (C=O) groups excluding carboxylic acids is 1. The number of carbonyl (C=O) groups is 1. The van der Waals surface area contributed by atoms with Crippen LogP contribution in [0.3, 0.4) is 0 Å². The molecule has 0 saturated carbocycles. The van der Waals surface area contributed by atoms with E-state index in [4.69, 9.17) is 4.74 Å². The SMILES string of the molecule is COC(=O)[C@H](NCc1cnn(C)c1)c1ccc(C)c(C)c1. The summed E-state index contributed by atoms with van der Waals surface area (Å²) in [6, 6.07) is 5.52. The molecule has 0 amide bonds. The Morgan fingerprint density at radius 3 is 2.71 bits per heavy atom. The third kappa shape index (κ3) is 3.70. The number of hydrogen-bond donors (Lipinski definition) is 1. The lowest BCUT2D eigenvalue weighted by Crippen LogP contribution is -2.29. The molecule has 112 valence electrons. The number of ether oxygens (including phenoxy) is 1. The van der Waals surface area contributed by atoms with Gasteiger partial charge in [-0.3, -0.25) is 10.00 Å². The van der Waals surface area contributed by atoms with Crippen molar-refractivity contribution in [2.24, 2.45) is 7.05 Å². The molecule has 1 aromatic carbocycles. The quantitative estimate of drug-likeness (QED) is 0.855. The maximum absolute atomic E-state index is 12.0. The van der Waals surface area contributed by atoms with Crippen LogP contribution in [0.2, 0.25) is 0 Å². The number of nitrogens with one attached hydrogen (secondary N) is 1. The summed E-state index contributed by atoms with van der Waals surface area (Å²) < 4.78 is 6.64. The third-order valence-corrected chi connectivity index (χ3v) is 3.57. The summed E-state index contributed by atoms with van der Waals surface area (Å²) in [5.74, 6) is -0.290. The third-order valence-electron chi connectivity index (χ3n) is 3.57. The van der Waals surface area contributed by atoms with Crippen molar-refractivity contribution in [3.8, 4) is 0 Å². The largest absolute Gasteiger partial charge is 0.468 e. The number of esters is 1. The molecule has 0 bridgehead atoms. The molecule has 2 rings (SSSR count). The van der Waals surface area contributed by atoms with Crippen LogP contribution in [-0.2, 0) is 23.1 Å². The van der Waals surface area contributed by atoms with Crippen molar-refractivity contribution in [2.75, 3.05) is 7.11 Å². The highest BCUT2D eigenvalue weighted by Gasteiger charge is 2.21. The van der Waals surface area contributed by atoms with Gasteiger partial charge >= 0.3 is 5.97 Å². The standard InChI is InChI=1S/C16H21N3O2/c1-11-5-6-14(7-12(11)2)15(16(20)21-4)17-8-13-9-18-19(3)10-13/h5-7,9-10,15,17H,8H2,1-4H3/t15-/m1/s1. The van der Waals surface area contributed by atoms with Crippen molar-refractivity contribution in [3.63, 3.8) is 0 Å². The van der Waals surface area contributed by atoms with Crippen LogP contribution >= 0.6 is 0 Å². The minimum absolute atomic E-state index is 0.290. The molecule has 0 fully saturated rings. The van der Waals surface area contributed by atoms with Gasteiger partial charge in [-0.2, -0.15) is 5.10 Å². The normalized spacial score (nSPS) is 12.2. The molecule has 2 aromatic rings. The van der Waals surface area contributed by atoms with Crippen LogP contribution in [-0.4, -0.2) is 22.9 Å². The van der Waals surface area contributed by atoms with Crippen LogP contribution in [0.4, 0.5) is 0 Å². The number of rotatable bonds is 5. The van der Waals surface area contributed by atoms with Crippen LogP contribution in [0.5, 0.6) is 0 Å². The van der Waals surface area contributed by atoms with Crippen molar-refractivity contribution in [3.05, 3.63) is 52.8 Å². The van der Waals surface area contributed by atoms with E-state index in [0.29, 0.717) is 6.54 Å². The summed E-state index contributed by atoms with van der Waals surface area (Å²) in [5, 5.41) is 7.35. The van der Waals surface area contributed by atoms with Crippen molar-refractivity contribution in [2.45, 2.75) is 26.4 Å². The van der Waals surface area contributed by atoms with Gasteiger partial charge in [0.1, 0.15) is 6.04 Å². The first-order valence-electron chi connectivity index (χ1n) is 6.87. The van der Waals surface area contributed by atoms with Gasteiger partial charge in [0, 0.05) is 25.4 Å². The average Bonchev–Trinajstić information content (AvgIpc) is 2.88. The van der Waals surface area contributed by atoms with Crippen LogP contribution in [0, 0.1) is 13.8 Å². The predicted octanol–water partition coefficient (Wildman–Crippen LogP) is 2.04. The van der Waals surface area contributed by atoms with Gasteiger partial charge in [0.15, 0.2) is 0 Å². The molecule has 0 unspecified atom stereocenters. The summed E-state index contributed by atoms with van der Waals surface area (Å²) in [5.41, 5.74) is 4.29. The number of benzene rings is 1. The van der Waals surface area contributed by atoms with Crippen LogP contribution in [0.1, 0.15) is 28.3 Å². The molecule has 0 aliphatic heterocycles. The van der Waals surface area contributed by atoms with Gasteiger partial charge in [0.25, 0.3) is 0 Å². The van der Waals surface area contributed by atoms with E-state index in [1.807, 2.05) is 38.4 Å². The van der Waals surface area contributed by atoms with Gasteiger partial charge in [-0.25, -0.2) is 4.79 Å². The molecular formula is C16H21N3O2. The molecule has 21 heavy (non-hydrogen) atoms. The minimum Gasteiger partial charge on any atom is -0.468 e. The topological polar surface area (TPSA) is 56.1 Å². The number of nitrogens with zero attached hydrogens (tertiary/aromatic N) is 2. The van der Waals surface area contributed by atoms with E-state index in [1.165, 1.54) is 12.7 Å². The molecule has 1 aromatic heterocycles. The maximum Gasteiger partial charge on any atom is 0.327 e. The Labute approximate surface area is 124 Å². The van der Waals surface area contributed by atoms with Gasteiger partial charge in [-0.05, 0) is 30.5 Å². The predicted molar refractivity (Wildman–Crippen MR) is 80.7 cm³/mol. The number of aromatic nitrogens is 2. The number of hydrogen-bond acceptors (Lipinski definition) is 4. The second kappa shape index (κ2) is 6.54. The lowest BCUT2D eigenvalue weighted by atomic mass is 10.0. The van der Waals surface area contributed by atoms with Crippen LogP contribution in [0.25, 0.3) is 0 Å². The second-order valence-corrected chi connectivity index (χ2v) is 5.20. The average molecular weight is 287 g/mol. The Bertz CT molecular complexity index is 634. The maximum atomic E-state index is 12.0. The molecule has 0 radical (unpaired) electrons. The highest BCUT2D eigenvalue weighted by atomic mass is 16.5. The van der Waals surface area contributed by atoms with Crippen molar-refractivity contribution in [1.29, 1.82) is 0 Å². The zero-order valence-corrected chi connectivity index (χ0v) is 12.9. The fourth-order valence-electron chi connectivity index (χ4n) is 2.18. The zero-order valence-electron chi connectivity index (χ0n) is 12.9. The lowest BCUT2D eigenvalue weighted by Gasteiger charge is -2.17. The monoisotopic (exact) mass is 287 g/mol. The summed E-state index contributed by atoms with van der Waals surface area (Å²) >= 11 is 0. The molecule has 0 saturated heterocycles. The van der Waals surface area contributed by atoms with Crippen molar-refractivity contribution >= 4 is 5.97 Å². The van der Waals surface area contributed by atoms with Gasteiger partial charge < -0.3 is 4.74 Å².